The number of methoxy groups -OCH3 is 1. The van der Waals surface area contributed by atoms with E-state index in [2.05, 4.69) is 4.90 Å². The van der Waals surface area contributed by atoms with Crippen LogP contribution in [0.1, 0.15) is 5.56 Å². The third-order valence-corrected chi connectivity index (χ3v) is 10.3. The van der Waals surface area contributed by atoms with Crippen molar-refractivity contribution in [1.29, 1.82) is 0 Å². The molecule has 0 saturated carbocycles. The van der Waals surface area contributed by atoms with Crippen molar-refractivity contribution in [3.63, 3.8) is 0 Å². The summed E-state index contributed by atoms with van der Waals surface area (Å²) in [7, 11) is -5.93. The van der Waals surface area contributed by atoms with E-state index in [1.165, 1.54) is 7.11 Å². The van der Waals surface area contributed by atoms with Crippen LogP contribution in [-0.4, -0.2) is 77.8 Å². The molecule has 2 aromatic rings. The molecule has 0 amide bonds. The molecule has 2 aliphatic heterocycles. The number of hydrogen-bond acceptors (Lipinski definition) is 7. The van der Waals surface area contributed by atoms with Gasteiger partial charge in [-0.2, -0.15) is 0 Å². The van der Waals surface area contributed by atoms with Crippen molar-refractivity contribution in [3.05, 3.63) is 54.1 Å². The van der Waals surface area contributed by atoms with Crippen LogP contribution in [0, 0.1) is 6.92 Å². The van der Waals surface area contributed by atoms with Gasteiger partial charge in [0, 0.05) is 37.9 Å². The van der Waals surface area contributed by atoms with Gasteiger partial charge in [-0.15, -0.1) is 0 Å². The highest BCUT2D eigenvalue weighted by Crippen LogP contribution is 2.34. The van der Waals surface area contributed by atoms with E-state index in [9.17, 15) is 16.8 Å². The first-order chi connectivity index (χ1) is 14.7. The lowest BCUT2D eigenvalue weighted by atomic mass is 10.1. The number of hydrogen-bond donors (Lipinski definition) is 0. The Morgan fingerprint density at radius 3 is 2.29 bits per heavy atom. The van der Waals surface area contributed by atoms with Gasteiger partial charge in [-0.3, -0.25) is 4.90 Å². The molecule has 2 aliphatic rings. The Morgan fingerprint density at radius 2 is 1.65 bits per heavy atom. The molecule has 2 atom stereocenters. The highest BCUT2D eigenvalue weighted by atomic mass is 32.2. The summed E-state index contributed by atoms with van der Waals surface area (Å²) in [5, 5.41) is -1.00. The number of anilines is 1. The summed E-state index contributed by atoms with van der Waals surface area (Å²) in [5.74, 6) is -0.227. The van der Waals surface area contributed by atoms with Crippen molar-refractivity contribution >= 4 is 25.4 Å². The van der Waals surface area contributed by atoms with Gasteiger partial charge in [0.25, 0.3) is 0 Å². The van der Waals surface area contributed by atoms with Crippen LogP contribution in [0.3, 0.4) is 0 Å². The van der Waals surface area contributed by atoms with E-state index in [1.54, 1.807) is 18.2 Å². The van der Waals surface area contributed by atoms with E-state index >= 15 is 0 Å². The molecule has 9 heteroatoms. The molecule has 2 aromatic carbocycles. The molecular formula is C22H28N2O5S2. The number of para-hydroxylation sites is 1. The van der Waals surface area contributed by atoms with Crippen LogP contribution < -0.4 is 9.64 Å². The molecule has 2 fully saturated rings. The SMILES string of the molecule is COc1ccc(C)cc1S(=O)(=O)C1CS(=O)(=O)CC1N1CCN(c2ccccc2)CC1. The first kappa shape index (κ1) is 22.1. The lowest BCUT2D eigenvalue weighted by Gasteiger charge is -2.40. The van der Waals surface area contributed by atoms with Gasteiger partial charge in [0.2, 0.25) is 0 Å². The van der Waals surface area contributed by atoms with Crippen molar-refractivity contribution in [1.82, 2.24) is 4.90 Å². The van der Waals surface area contributed by atoms with Crippen molar-refractivity contribution < 1.29 is 21.6 Å². The molecule has 0 spiro atoms. The monoisotopic (exact) mass is 464 g/mol. The molecule has 0 aromatic heterocycles. The molecule has 4 rings (SSSR count). The highest BCUT2D eigenvalue weighted by Gasteiger charge is 2.49. The molecule has 0 bridgehead atoms. The maximum absolute atomic E-state index is 13.6. The van der Waals surface area contributed by atoms with Crippen LogP contribution in [0.15, 0.2) is 53.4 Å². The topological polar surface area (TPSA) is 84.0 Å². The summed E-state index contributed by atoms with van der Waals surface area (Å²) in [6.45, 7) is 4.49. The standard InChI is InChI=1S/C22H28N2O5S2/c1-17-8-9-20(29-2)21(14-17)31(27,28)22-16-30(25,26)15-19(22)24-12-10-23(11-13-24)18-6-4-3-5-7-18/h3-9,14,19,22H,10-13,15-16H2,1-2H3. The van der Waals surface area contributed by atoms with Crippen molar-refractivity contribution in [2.24, 2.45) is 0 Å². The van der Waals surface area contributed by atoms with E-state index in [-0.39, 0.29) is 22.2 Å². The quantitative estimate of drug-likeness (QED) is 0.667. The molecule has 2 saturated heterocycles. The van der Waals surface area contributed by atoms with Crippen LogP contribution in [0.25, 0.3) is 0 Å². The molecule has 0 radical (unpaired) electrons. The number of benzene rings is 2. The second kappa shape index (κ2) is 8.44. The van der Waals surface area contributed by atoms with Gasteiger partial charge in [0.15, 0.2) is 19.7 Å². The average molecular weight is 465 g/mol. The average Bonchev–Trinajstić information content (AvgIpc) is 3.11. The minimum Gasteiger partial charge on any atom is -0.495 e. The van der Waals surface area contributed by atoms with Crippen LogP contribution >= 0.6 is 0 Å². The smallest absolute Gasteiger partial charge is 0.187 e. The molecule has 0 N–H and O–H groups in total. The molecule has 2 heterocycles. The fraction of sp³-hybridized carbons (Fsp3) is 0.455. The summed E-state index contributed by atoms with van der Waals surface area (Å²) in [6, 6.07) is 14.5. The first-order valence-electron chi connectivity index (χ1n) is 10.3. The Labute approximate surface area is 184 Å². The molecule has 168 valence electrons. The Morgan fingerprint density at radius 1 is 0.968 bits per heavy atom. The van der Waals surface area contributed by atoms with Gasteiger partial charge < -0.3 is 9.64 Å². The summed E-state index contributed by atoms with van der Waals surface area (Å²) in [5.41, 5.74) is 1.91. The van der Waals surface area contributed by atoms with Crippen molar-refractivity contribution in [2.45, 2.75) is 23.1 Å². The third-order valence-electron chi connectivity index (χ3n) is 6.20. The number of sulfone groups is 2. The van der Waals surface area contributed by atoms with E-state index < -0.39 is 31.0 Å². The van der Waals surface area contributed by atoms with E-state index in [0.717, 1.165) is 24.3 Å². The van der Waals surface area contributed by atoms with Crippen LogP contribution in [-0.2, 0) is 19.7 Å². The summed E-state index contributed by atoms with van der Waals surface area (Å²) >= 11 is 0. The number of rotatable bonds is 5. The zero-order valence-electron chi connectivity index (χ0n) is 17.8. The molecule has 0 aliphatic carbocycles. The summed E-state index contributed by atoms with van der Waals surface area (Å²) < 4.78 is 57.6. The van der Waals surface area contributed by atoms with Crippen molar-refractivity contribution in [3.8, 4) is 5.75 Å². The maximum atomic E-state index is 13.6. The molecular weight excluding hydrogens is 436 g/mol. The molecule has 31 heavy (non-hydrogen) atoms. The number of nitrogens with zero attached hydrogens (tertiary/aromatic N) is 2. The Bertz CT molecular complexity index is 1140. The number of piperazine rings is 1. The minimum absolute atomic E-state index is 0.0741. The number of ether oxygens (including phenoxy) is 1. The fourth-order valence-corrected chi connectivity index (χ4v) is 9.63. The fourth-order valence-electron chi connectivity index (χ4n) is 4.55. The van der Waals surface area contributed by atoms with Crippen LogP contribution in [0.4, 0.5) is 5.69 Å². The predicted octanol–water partition coefficient (Wildman–Crippen LogP) is 1.77. The van der Waals surface area contributed by atoms with Gasteiger partial charge >= 0.3 is 0 Å². The summed E-state index contributed by atoms with van der Waals surface area (Å²) in [4.78, 5) is 4.35. The number of aryl methyl sites for hydroxylation is 1. The maximum Gasteiger partial charge on any atom is 0.187 e. The van der Waals surface area contributed by atoms with Gasteiger partial charge in [0.1, 0.15) is 10.6 Å². The lowest BCUT2D eigenvalue weighted by molar-refractivity contribution is 0.201. The predicted molar refractivity (Wildman–Crippen MR) is 121 cm³/mol. The minimum atomic E-state index is -3.90. The third kappa shape index (κ3) is 4.44. The van der Waals surface area contributed by atoms with Gasteiger partial charge in [-0.25, -0.2) is 16.8 Å². The summed E-state index contributed by atoms with van der Waals surface area (Å²) in [6.07, 6.45) is 0. The normalized spacial score (nSPS) is 24.3. The second-order valence-corrected chi connectivity index (χ2v) is 12.5. The largest absolute Gasteiger partial charge is 0.495 e. The zero-order valence-corrected chi connectivity index (χ0v) is 19.4. The molecule has 2 unspecified atom stereocenters. The Kier molecular flexibility index (Phi) is 6.02. The van der Waals surface area contributed by atoms with E-state index in [4.69, 9.17) is 4.74 Å². The van der Waals surface area contributed by atoms with Crippen LogP contribution in [0.5, 0.6) is 5.75 Å². The van der Waals surface area contributed by atoms with Gasteiger partial charge in [-0.1, -0.05) is 24.3 Å². The zero-order chi connectivity index (χ0) is 22.2. The van der Waals surface area contributed by atoms with E-state index in [1.807, 2.05) is 42.2 Å². The highest BCUT2D eigenvalue weighted by molar-refractivity contribution is 7.96. The van der Waals surface area contributed by atoms with Crippen molar-refractivity contribution in [2.75, 3.05) is 49.7 Å². The van der Waals surface area contributed by atoms with E-state index in [0.29, 0.717) is 13.1 Å². The lowest BCUT2D eigenvalue weighted by Crippen LogP contribution is -2.55. The van der Waals surface area contributed by atoms with Crippen LogP contribution in [0.2, 0.25) is 0 Å². The molecule has 7 nitrogen and oxygen atoms in total. The van der Waals surface area contributed by atoms with Gasteiger partial charge in [-0.05, 0) is 36.8 Å². The van der Waals surface area contributed by atoms with Gasteiger partial charge in [0.05, 0.1) is 23.9 Å². The Balaban J connectivity index is 1.60. The first-order valence-corrected chi connectivity index (χ1v) is 13.7. The second-order valence-electron chi connectivity index (χ2n) is 8.24. The Hall–Kier alpha value is -2.10.